The summed E-state index contributed by atoms with van der Waals surface area (Å²) in [6, 6.07) is 8.25. The van der Waals surface area contributed by atoms with Crippen LogP contribution in [0, 0.1) is 0 Å². The Kier molecular flexibility index (Phi) is 4.52. The summed E-state index contributed by atoms with van der Waals surface area (Å²) < 4.78 is 0. The molecule has 0 saturated heterocycles. The summed E-state index contributed by atoms with van der Waals surface area (Å²) in [5.74, 6) is 0. The number of aldehydes is 1. The Hall–Kier alpha value is -1.83. The molecule has 0 fully saturated rings. The molecule has 2 nitrogen and oxygen atoms in total. The van der Waals surface area contributed by atoms with Crippen LogP contribution < -0.4 is 4.90 Å². The number of carbonyl (C=O) groups is 1. The van der Waals surface area contributed by atoms with Crippen LogP contribution in [0.15, 0.2) is 42.0 Å². The summed E-state index contributed by atoms with van der Waals surface area (Å²) >= 11 is 0. The lowest BCUT2D eigenvalue weighted by atomic mass is 10.1. The lowest BCUT2D eigenvalue weighted by molar-refractivity contribution is -0.104. The van der Waals surface area contributed by atoms with Gasteiger partial charge in [-0.1, -0.05) is 24.3 Å². The highest BCUT2D eigenvalue weighted by atomic mass is 16.1. The highest BCUT2D eigenvalue weighted by molar-refractivity contribution is 5.68. The van der Waals surface area contributed by atoms with Gasteiger partial charge in [-0.15, -0.1) is 0 Å². The molecule has 16 heavy (non-hydrogen) atoms. The van der Waals surface area contributed by atoms with Crippen molar-refractivity contribution in [1.82, 2.24) is 0 Å². The maximum atomic E-state index is 10.2. The van der Waals surface area contributed by atoms with E-state index in [9.17, 15) is 4.79 Å². The topological polar surface area (TPSA) is 20.3 Å². The molecule has 84 valence electrons. The highest BCUT2D eigenvalue weighted by Crippen LogP contribution is 2.13. The van der Waals surface area contributed by atoms with Gasteiger partial charge in [0.15, 0.2) is 0 Å². The van der Waals surface area contributed by atoms with Crippen molar-refractivity contribution in [2.75, 3.05) is 19.0 Å². The van der Waals surface area contributed by atoms with Crippen molar-refractivity contribution < 1.29 is 4.79 Å². The van der Waals surface area contributed by atoms with Crippen LogP contribution in [0.25, 0.3) is 6.08 Å². The van der Waals surface area contributed by atoms with Gasteiger partial charge in [-0.3, -0.25) is 4.79 Å². The summed E-state index contributed by atoms with van der Waals surface area (Å²) in [5, 5.41) is 0. The summed E-state index contributed by atoms with van der Waals surface area (Å²) in [5.41, 5.74) is 3.26. The van der Waals surface area contributed by atoms with E-state index in [2.05, 4.69) is 29.2 Å². The fraction of sp³-hybridized carbons (Fsp3) is 0.214. The third-order valence-electron chi connectivity index (χ3n) is 2.28. The van der Waals surface area contributed by atoms with Crippen LogP contribution in [0.2, 0.25) is 0 Å². The van der Waals surface area contributed by atoms with Gasteiger partial charge in [0.2, 0.25) is 0 Å². The Labute approximate surface area is 96.9 Å². The first-order valence-corrected chi connectivity index (χ1v) is 5.21. The molecule has 0 aliphatic heterocycles. The van der Waals surface area contributed by atoms with E-state index in [1.807, 2.05) is 33.2 Å². The largest absolute Gasteiger partial charge is 0.378 e. The van der Waals surface area contributed by atoms with Crippen LogP contribution >= 0.6 is 0 Å². The van der Waals surface area contributed by atoms with Gasteiger partial charge in [0.25, 0.3) is 0 Å². The van der Waals surface area contributed by atoms with Gasteiger partial charge in [0.05, 0.1) is 0 Å². The second kappa shape index (κ2) is 5.91. The Balaban J connectivity index is 2.76. The quantitative estimate of drug-likeness (QED) is 0.437. The van der Waals surface area contributed by atoms with Gasteiger partial charge in [-0.25, -0.2) is 0 Å². The third-order valence-corrected chi connectivity index (χ3v) is 2.28. The lowest BCUT2D eigenvalue weighted by Gasteiger charge is -2.11. The smallest absolute Gasteiger partial charge is 0.143 e. The van der Waals surface area contributed by atoms with Crippen molar-refractivity contribution in [3.8, 4) is 0 Å². The number of nitrogens with zero attached hydrogens (tertiary/aromatic N) is 1. The Morgan fingerprint density at radius 2 is 1.81 bits per heavy atom. The van der Waals surface area contributed by atoms with Crippen molar-refractivity contribution in [3.05, 3.63) is 47.6 Å². The van der Waals surface area contributed by atoms with Crippen LogP contribution in [-0.4, -0.2) is 20.4 Å². The summed E-state index contributed by atoms with van der Waals surface area (Å²) in [4.78, 5) is 12.3. The molecule has 0 heterocycles. The number of carbonyl (C=O) groups excluding carboxylic acids is 1. The minimum atomic E-state index is 0.800. The van der Waals surface area contributed by atoms with Gasteiger partial charge in [-0.2, -0.15) is 0 Å². The Morgan fingerprint density at radius 1 is 1.19 bits per heavy atom. The molecule has 1 rings (SSSR count). The normalized spacial score (nSPS) is 11.8. The molecule has 0 radical (unpaired) electrons. The van der Waals surface area contributed by atoms with E-state index >= 15 is 0 Å². The summed E-state index contributed by atoms with van der Waals surface area (Å²) in [6.45, 7) is 1.90. The second-order valence-electron chi connectivity index (χ2n) is 3.87. The first kappa shape index (κ1) is 12.2. The maximum absolute atomic E-state index is 10.2. The molecular weight excluding hydrogens is 198 g/mol. The first-order valence-electron chi connectivity index (χ1n) is 5.21. The van der Waals surface area contributed by atoms with E-state index in [-0.39, 0.29) is 0 Å². The van der Waals surface area contributed by atoms with Crippen molar-refractivity contribution in [1.29, 1.82) is 0 Å². The molecule has 0 N–H and O–H groups in total. The average molecular weight is 215 g/mol. The van der Waals surface area contributed by atoms with E-state index in [4.69, 9.17) is 0 Å². The molecular formula is C14H17NO. The highest BCUT2D eigenvalue weighted by Gasteiger charge is 1.93. The Morgan fingerprint density at radius 3 is 2.31 bits per heavy atom. The van der Waals surface area contributed by atoms with E-state index < -0.39 is 0 Å². The van der Waals surface area contributed by atoms with E-state index in [0.29, 0.717) is 0 Å². The molecule has 0 unspecified atom stereocenters. The number of hydrogen-bond acceptors (Lipinski definition) is 2. The zero-order valence-corrected chi connectivity index (χ0v) is 9.97. The van der Waals surface area contributed by atoms with Gasteiger partial charge in [0, 0.05) is 19.8 Å². The summed E-state index contributed by atoms with van der Waals surface area (Å²) in [7, 11) is 4.03. The molecule has 0 amide bonds. The van der Waals surface area contributed by atoms with Crippen LogP contribution in [0.1, 0.15) is 12.5 Å². The molecule has 0 saturated carbocycles. The monoisotopic (exact) mass is 215 g/mol. The fourth-order valence-corrected chi connectivity index (χ4v) is 1.27. The number of allylic oxidation sites excluding steroid dienone is 3. The molecule has 0 aliphatic carbocycles. The van der Waals surface area contributed by atoms with Gasteiger partial charge < -0.3 is 4.90 Å². The van der Waals surface area contributed by atoms with Crippen LogP contribution in [0.3, 0.4) is 0 Å². The molecule has 0 aromatic heterocycles. The molecule has 1 aromatic carbocycles. The Bertz CT molecular complexity index is 399. The van der Waals surface area contributed by atoms with Crippen LogP contribution in [0.4, 0.5) is 5.69 Å². The van der Waals surface area contributed by atoms with Gasteiger partial charge in [0.1, 0.15) is 6.29 Å². The minimum Gasteiger partial charge on any atom is -0.378 e. The van der Waals surface area contributed by atoms with Crippen molar-refractivity contribution in [3.63, 3.8) is 0 Å². The van der Waals surface area contributed by atoms with Crippen LogP contribution in [0.5, 0.6) is 0 Å². The molecule has 0 atom stereocenters. The molecule has 2 heteroatoms. The molecule has 0 bridgehead atoms. The van der Waals surface area contributed by atoms with Crippen molar-refractivity contribution in [2.45, 2.75) is 6.92 Å². The van der Waals surface area contributed by atoms with Gasteiger partial charge in [-0.05, 0) is 36.3 Å². The lowest BCUT2D eigenvalue weighted by Crippen LogP contribution is -2.07. The predicted octanol–water partition coefficient (Wildman–Crippen LogP) is 2.91. The standard InChI is InChI=1S/C14H17NO/c1-12(10-11-16)4-5-13-6-8-14(9-7-13)15(2)3/h4-11H,1-3H3. The first-order chi connectivity index (χ1) is 7.63. The number of benzene rings is 1. The van der Waals surface area contributed by atoms with E-state index in [1.54, 1.807) is 6.08 Å². The number of anilines is 1. The zero-order valence-electron chi connectivity index (χ0n) is 9.97. The SMILES string of the molecule is CC(C=Cc1ccc(N(C)C)cc1)=CC=O. The fourth-order valence-electron chi connectivity index (χ4n) is 1.27. The zero-order chi connectivity index (χ0) is 12.0. The molecule has 0 aliphatic rings. The maximum Gasteiger partial charge on any atom is 0.143 e. The van der Waals surface area contributed by atoms with E-state index in [0.717, 1.165) is 17.4 Å². The van der Waals surface area contributed by atoms with Gasteiger partial charge >= 0.3 is 0 Å². The van der Waals surface area contributed by atoms with E-state index in [1.165, 1.54) is 5.69 Å². The molecule has 1 aromatic rings. The number of rotatable bonds is 4. The third kappa shape index (κ3) is 3.73. The average Bonchev–Trinajstić information content (AvgIpc) is 2.27. The minimum absolute atomic E-state index is 0.800. The van der Waals surface area contributed by atoms with Crippen molar-refractivity contribution in [2.24, 2.45) is 0 Å². The predicted molar refractivity (Wildman–Crippen MR) is 69.6 cm³/mol. The summed E-state index contributed by atoms with van der Waals surface area (Å²) in [6.07, 6.45) is 6.27. The van der Waals surface area contributed by atoms with Crippen molar-refractivity contribution >= 4 is 18.0 Å². The number of hydrogen-bond donors (Lipinski definition) is 0. The molecule has 0 spiro atoms. The second-order valence-corrected chi connectivity index (χ2v) is 3.87. The van der Waals surface area contributed by atoms with Crippen LogP contribution in [-0.2, 0) is 4.79 Å².